The molecule has 41 heavy (non-hydrogen) atoms. The summed E-state index contributed by atoms with van der Waals surface area (Å²) in [5, 5.41) is 8.86. The summed E-state index contributed by atoms with van der Waals surface area (Å²) in [5.74, 6) is -2.44. The summed E-state index contributed by atoms with van der Waals surface area (Å²) in [5.41, 5.74) is 0.119. The van der Waals surface area contributed by atoms with Crippen LogP contribution in [0.3, 0.4) is 0 Å². The number of rotatable bonds is 8. The molecule has 3 fully saturated rings. The Morgan fingerprint density at radius 1 is 1.07 bits per heavy atom. The van der Waals surface area contributed by atoms with Gasteiger partial charge in [0.05, 0.1) is 18.2 Å². The maximum absolute atomic E-state index is 14.8. The Labute approximate surface area is 240 Å². The molecule has 1 aliphatic carbocycles. The van der Waals surface area contributed by atoms with Gasteiger partial charge in [0.1, 0.15) is 35.5 Å². The highest BCUT2D eigenvalue weighted by molar-refractivity contribution is 5.94. The van der Waals surface area contributed by atoms with Crippen LogP contribution in [-0.4, -0.2) is 85.0 Å². The van der Waals surface area contributed by atoms with Crippen molar-refractivity contribution in [3.8, 4) is 5.75 Å². The van der Waals surface area contributed by atoms with Crippen LogP contribution in [0.5, 0.6) is 5.75 Å². The van der Waals surface area contributed by atoms with E-state index in [4.69, 9.17) is 4.74 Å². The number of hydrogen-bond donors (Lipinski definition) is 3. The molecule has 224 valence electrons. The maximum atomic E-state index is 14.8. The van der Waals surface area contributed by atoms with Crippen LogP contribution < -0.4 is 20.7 Å². The van der Waals surface area contributed by atoms with Crippen LogP contribution in [0.15, 0.2) is 24.8 Å². The Hall–Kier alpha value is -3.05. The highest BCUT2D eigenvalue weighted by Crippen LogP contribution is 2.36. The Morgan fingerprint density at radius 3 is 2.59 bits per heavy atom. The molecule has 4 aliphatic rings. The van der Waals surface area contributed by atoms with Crippen LogP contribution in [0.2, 0.25) is 0 Å². The number of carbonyl (C=O) groups excluding carboxylic acids is 3. The van der Waals surface area contributed by atoms with Crippen molar-refractivity contribution in [1.82, 2.24) is 25.8 Å². The lowest BCUT2D eigenvalue weighted by atomic mass is 9.82. The van der Waals surface area contributed by atoms with Crippen LogP contribution in [-0.2, 0) is 14.4 Å². The van der Waals surface area contributed by atoms with Gasteiger partial charge in [-0.15, -0.1) is 6.58 Å². The van der Waals surface area contributed by atoms with Crippen molar-refractivity contribution in [3.63, 3.8) is 0 Å². The molecule has 9 nitrogen and oxygen atoms in total. The van der Waals surface area contributed by atoms with Gasteiger partial charge in [-0.3, -0.25) is 19.3 Å². The number of piperazine rings is 1. The molecule has 3 amide bonds. The first-order valence-corrected chi connectivity index (χ1v) is 14.9. The standard InChI is InChI=1S/C30H41F2N5O4/c1-3-22(33-2)28(38)35-27(18-8-5-4-6-9-18)30(40)37-16-20-10-7-12-36(20)17-24(37)29(39)34-23-11-13-41-25-15-19(31)14-21(32)26(23)25/h3,14-15,18,20,22-24,27,33H,1,4-13,16-17H2,2H3,(H,34,39)(H,35,38)/t20-,22+,23-,24+,27+/m1/s1. The molecule has 1 saturated carbocycles. The van der Waals surface area contributed by atoms with Crippen LogP contribution >= 0.6 is 0 Å². The zero-order valence-electron chi connectivity index (χ0n) is 23.7. The minimum atomic E-state index is -0.811. The summed E-state index contributed by atoms with van der Waals surface area (Å²) >= 11 is 0. The lowest BCUT2D eigenvalue weighted by Crippen LogP contribution is -2.66. The van der Waals surface area contributed by atoms with E-state index in [0.717, 1.165) is 63.6 Å². The third kappa shape index (κ3) is 6.25. The van der Waals surface area contributed by atoms with Gasteiger partial charge in [-0.05, 0) is 45.2 Å². The molecule has 3 heterocycles. The van der Waals surface area contributed by atoms with Crippen molar-refractivity contribution in [2.24, 2.45) is 5.92 Å². The largest absolute Gasteiger partial charge is 0.493 e. The fourth-order valence-electron chi connectivity index (χ4n) is 6.97. The molecule has 1 aromatic carbocycles. The first-order chi connectivity index (χ1) is 19.8. The highest BCUT2D eigenvalue weighted by atomic mass is 19.1. The van der Waals surface area contributed by atoms with E-state index < -0.39 is 41.7 Å². The van der Waals surface area contributed by atoms with Gasteiger partial charge in [-0.25, -0.2) is 8.78 Å². The zero-order chi connectivity index (χ0) is 29.1. The first-order valence-electron chi connectivity index (χ1n) is 14.9. The molecular formula is C30H41F2N5O4. The smallest absolute Gasteiger partial charge is 0.246 e. The summed E-state index contributed by atoms with van der Waals surface area (Å²) in [6, 6.07) is -0.864. The second-order valence-corrected chi connectivity index (χ2v) is 11.7. The molecule has 3 aliphatic heterocycles. The van der Waals surface area contributed by atoms with E-state index in [2.05, 4.69) is 27.4 Å². The molecule has 0 unspecified atom stereocenters. The molecule has 2 saturated heterocycles. The Balaban J connectivity index is 1.41. The lowest BCUT2D eigenvalue weighted by molar-refractivity contribution is -0.149. The normalized spacial score (nSPS) is 26.2. The molecule has 5 rings (SSSR count). The number of nitrogens with zero attached hydrogens (tertiary/aromatic N) is 2. The maximum Gasteiger partial charge on any atom is 0.246 e. The predicted molar refractivity (Wildman–Crippen MR) is 149 cm³/mol. The number of amides is 3. The SMILES string of the molecule is C=C[C@H](NC)C(=O)N[C@H](C(=O)N1C[C@H]2CCCN2C[C@H]1C(=O)N[C@@H]1CCOc2cc(F)cc(F)c21)C1CCCCC1. The molecule has 0 aromatic heterocycles. The number of halogens is 2. The third-order valence-corrected chi connectivity index (χ3v) is 9.18. The summed E-state index contributed by atoms with van der Waals surface area (Å²) in [6.45, 7) is 5.52. The number of likely N-dealkylation sites (N-methyl/N-ethyl adjacent to an activating group) is 1. The lowest BCUT2D eigenvalue weighted by Gasteiger charge is -2.45. The number of nitrogens with one attached hydrogen (secondary N) is 3. The fraction of sp³-hybridized carbons (Fsp3) is 0.633. The predicted octanol–water partition coefficient (Wildman–Crippen LogP) is 2.42. The van der Waals surface area contributed by atoms with E-state index in [-0.39, 0.29) is 41.7 Å². The molecule has 0 spiro atoms. The molecule has 11 heteroatoms. The van der Waals surface area contributed by atoms with Crippen molar-refractivity contribution in [2.75, 3.05) is 33.3 Å². The molecular weight excluding hydrogens is 532 g/mol. The number of fused-ring (bicyclic) bond motifs is 2. The van der Waals surface area contributed by atoms with Gasteiger partial charge in [0, 0.05) is 37.7 Å². The van der Waals surface area contributed by atoms with E-state index >= 15 is 0 Å². The Morgan fingerprint density at radius 2 is 1.85 bits per heavy atom. The fourth-order valence-corrected chi connectivity index (χ4v) is 6.97. The van der Waals surface area contributed by atoms with E-state index in [1.165, 1.54) is 6.08 Å². The van der Waals surface area contributed by atoms with E-state index in [1.54, 1.807) is 11.9 Å². The molecule has 3 N–H and O–H groups in total. The minimum Gasteiger partial charge on any atom is -0.493 e. The number of benzene rings is 1. The number of ether oxygens (including phenoxy) is 1. The van der Waals surface area contributed by atoms with Gasteiger partial charge < -0.3 is 25.6 Å². The van der Waals surface area contributed by atoms with Crippen molar-refractivity contribution in [2.45, 2.75) is 81.6 Å². The van der Waals surface area contributed by atoms with Crippen LogP contribution in [0, 0.1) is 17.6 Å². The van der Waals surface area contributed by atoms with Gasteiger partial charge in [-0.1, -0.05) is 25.3 Å². The van der Waals surface area contributed by atoms with E-state index in [9.17, 15) is 23.2 Å². The van der Waals surface area contributed by atoms with Gasteiger partial charge in [-0.2, -0.15) is 0 Å². The van der Waals surface area contributed by atoms with Crippen molar-refractivity contribution in [1.29, 1.82) is 0 Å². The topological polar surface area (TPSA) is 103 Å². The van der Waals surface area contributed by atoms with Crippen molar-refractivity contribution in [3.05, 3.63) is 42.0 Å². The first kappa shape index (κ1) is 29.4. The number of carbonyl (C=O) groups is 3. The molecule has 0 bridgehead atoms. The molecule has 5 atom stereocenters. The molecule has 1 aromatic rings. The summed E-state index contributed by atoms with van der Waals surface area (Å²) in [7, 11) is 1.66. The van der Waals surface area contributed by atoms with Gasteiger partial charge in [0.25, 0.3) is 0 Å². The Bertz CT molecular complexity index is 1160. The summed E-state index contributed by atoms with van der Waals surface area (Å²) in [4.78, 5) is 45.2. The quantitative estimate of drug-likeness (QED) is 0.413. The summed E-state index contributed by atoms with van der Waals surface area (Å²) < 4.78 is 34.1. The average Bonchev–Trinajstić information content (AvgIpc) is 3.43. The average molecular weight is 574 g/mol. The van der Waals surface area contributed by atoms with E-state index in [0.29, 0.717) is 19.5 Å². The Kier molecular flexibility index (Phi) is 9.23. The van der Waals surface area contributed by atoms with Crippen molar-refractivity contribution < 1.29 is 27.9 Å². The van der Waals surface area contributed by atoms with Gasteiger partial charge in [0.15, 0.2) is 0 Å². The summed E-state index contributed by atoms with van der Waals surface area (Å²) in [6.07, 6.45) is 8.44. The minimum absolute atomic E-state index is 0.0285. The van der Waals surface area contributed by atoms with Crippen LogP contribution in [0.1, 0.15) is 63.0 Å². The van der Waals surface area contributed by atoms with Crippen molar-refractivity contribution >= 4 is 17.7 Å². The monoisotopic (exact) mass is 573 g/mol. The van der Waals surface area contributed by atoms with E-state index in [1.807, 2.05) is 0 Å². The second kappa shape index (κ2) is 12.9. The zero-order valence-corrected chi connectivity index (χ0v) is 23.7. The highest BCUT2D eigenvalue weighted by Gasteiger charge is 2.46. The molecule has 0 radical (unpaired) electrons. The number of hydrogen-bond acceptors (Lipinski definition) is 6. The van der Waals surface area contributed by atoms with Gasteiger partial charge >= 0.3 is 0 Å². The third-order valence-electron chi connectivity index (χ3n) is 9.18. The van der Waals surface area contributed by atoms with Crippen LogP contribution in [0.4, 0.5) is 8.78 Å². The van der Waals surface area contributed by atoms with Gasteiger partial charge in [0.2, 0.25) is 17.7 Å². The second-order valence-electron chi connectivity index (χ2n) is 11.7. The van der Waals surface area contributed by atoms with Crippen LogP contribution in [0.25, 0.3) is 0 Å².